The Hall–Kier alpha value is -2.01. The van der Waals surface area contributed by atoms with E-state index in [2.05, 4.69) is 10.2 Å². The molecule has 0 amide bonds. The average Bonchev–Trinajstić information content (AvgIpc) is 3.22. The van der Waals surface area contributed by atoms with Crippen LogP contribution in [0.15, 0.2) is 32.7 Å². The quantitative estimate of drug-likeness (QED) is 0.724. The van der Waals surface area contributed by atoms with Gasteiger partial charge in [0.2, 0.25) is 10.0 Å². The van der Waals surface area contributed by atoms with Crippen LogP contribution in [0, 0.1) is 5.92 Å². The minimum Gasteiger partial charge on any atom is -0.298 e. The van der Waals surface area contributed by atoms with Gasteiger partial charge in [-0.2, -0.15) is 0 Å². The number of sulfonamides is 1. The number of nitrogens with one attached hydrogen (secondary N) is 2. The summed E-state index contributed by atoms with van der Waals surface area (Å²) in [4.78, 5) is 31.1. The first-order valence-corrected chi connectivity index (χ1v) is 10.8. The molecule has 9 nitrogen and oxygen atoms in total. The summed E-state index contributed by atoms with van der Waals surface area (Å²) in [5.74, 6) is -0.0359. The van der Waals surface area contributed by atoms with Crippen LogP contribution in [0.4, 0.5) is 0 Å². The van der Waals surface area contributed by atoms with E-state index < -0.39 is 26.8 Å². The van der Waals surface area contributed by atoms with E-state index in [9.17, 15) is 18.0 Å². The van der Waals surface area contributed by atoms with Crippen molar-refractivity contribution in [2.75, 3.05) is 6.54 Å². The Kier molecular flexibility index (Phi) is 4.49. The highest BCUT2D eigenvalue weighted by Gasteiger charge is 2.41. The second-order valence-electron chi connectivity index (χ2n) is 8.03. The lowest BCUT2D eigenvalue weighted by molar-refractivity contribution is 0.0328. The molecule has 1 aliphatic heterocycles. The van der Waals surface area contributed by atoms with Crippen molar-refractivity contribution in [2.45, 2.75) is 49.8 Å². The Bertz CT molecular complexity index is 1160. The highest BCUT2D eigenvalue weighted by atomic mass is 32.2. The normalized spacial score (nSPS) is 24.0. The molecule has 2 aromatic rings. The number of nitrogens with zero attached hydrogens (tertiary/aromatic N) is 2. The summed E-state index contributed by atoms with van der Waals surface area (Å²) in [6.07, 6.45) is 1.44. The summed E-state index contributed by atoms with van der Waals surface area (Å²) in [5.41, 5.74) is 1.84. The molecular formula is C18H24N4O5S. The van der Waals surface area contributed by atoms with Crippen molar-refractivity contribution in [3.05, 3.63) is 39.0 Å². The minimum atomic E-state index is -3.75. The van der Waals surface area contributed by atoms with E-state index in [-0.39, 0.29) is 28.8 Å². The van der Waals surface area contributed by atoms with Crippen LogP contribution in [0.5, 0.6) is 0 Å². The van der Waals surface area contributed by atoms with Crippen molar-refractivity contribution in [1.82, 2.24) is 19.3 Å². The fraction of sp³-hybridized carbons (Fsp3) is 0.556. The predicted octanol–water partition coefficient (Wildman–Crippen LogP) is 0.0705. The molecule has 1 aromatic carbocycles. The lowest BCUT2D eigenvalue weighted by Crippen LogP contribution is -2.42. The molecule has 152 valence electrons. The van der Waals surface area contributed by atoms with Gasteiger partial charge in [-0.3, -0.25) is 18.8 Å². The molecule has 1 aromatic heterocycles. The lowest BCUT2D eigenvalue weighted by atomic mass is 10.1. The Balaban J connectivity index is 1.82. The fourth-order valence-electron chi connectivity index (χ4n) is 3.49. The van der Waals surface area contributed by atoms with Gasteiger partial charge in [0.25, 0.3) is 5.56 Å². The summed E-state index contributed by atoms with van der Waals surface area (Å²) in [5, 5.41) is 0.199. The number of hydrogen-bond acceptors (Lipinski definition) is 6. The van der Waals surface area contributed by atoms with E-state index in [0.717, 1.165) is 17.4 Å². The first kappa shape index (κ1) is 19.3. The lowest BCUT2D eigenvalue weighted by Gasteiger charge is -2.17. The van der Waals surface area contributed by atoms with Gasteiger partial charge in [0.15, 0.2) is 0 Å². The third-order valence-electron chi connectivity index (χ3n) is 5.71. The first-order valence-electron chi connectivity index (χ1n) is 9.27. The van der Waals surface area contributed by atoms with E-state index in [1.165, 1.54) is 22.8 Å². The van der Waals surface area contributed by atoms with Gasteiger partial charge in [-0.25, -0.2) is 23.4 Å². The predicted molar refractivity (Wildman–Crippen MR) is 103 cm³/mol. The second-order valence-corrected chi connectivity index (χ2v) is 9.72. The molecule has 2 N–H and O–H groups in total. The van der Waals surface area contributed by atoms with E-state index in [1.54, 1.807) is 7.05 Å². The van der Waals surface area contributed by atoms with Crippen LogP contribution in [-0.4, -0.2) is 35.7 Å². The number of rotatable bonds is 5. The van der Waals surface area contributed by atoms with Gasteiger partial charge >= 0.3 is 5.69 Å². The highest BCUT2D eigenvalue weighted by Crippen LogP contribution is 2.36. The van der Waals surface area contributed by atoms with Crippen molar-refractivity contribution < 1.29 is 13.3 Å². The Morgan fingerprint density at radius 3 is 2.64 bits per heavy atom. The monoisotopic (exact) mass is 408 g/mol. The molecule has 1 aliphatic carbocycles. The molecule has 0 spiro atoms. The standard InChI is InChI=1S/C18H24N4O5S/c1-11-12(9-19-27-11)10-22-16(23)14-8-13(4-5-15(14)21(3)17(22)24)28(25,26)20-18(2)6-7-18/h4-5,8,11-12,19-20H,6-7,9-10H2,1-3H3. The summed E-state index contributed by atoms with van der Waals surface area (Å²) in [6.45, 7) is 4.45. The highest BCUT2D eigenvalue weighted by molar-refractivity contribution is 7.89. The van der Waals surface area contributed by atoms with E-state index in [1.807, 2.05) is 13.8 Å². The van der Waals surface area contributed by atoms with E-state index in [4.69, 9.17) is 4.84 Å². The summed E-state index contributed by atoms with van der Waals surface area (Å²) >= 11 is 0. The maximum Gasteiger partial charge on any atom is 0.331 e. The molecular weight excluding hydrogens is 384 g/mol. The molecule has 0 radical (unpaired) electrons. The van der Waals surface area contributed by atoms with Crippen molar-refractivity contribution >= 4 is 20.9 Å². The number of hydrogen-bond donors (Lipinski definition) is 2. The van der Waals surface area contributed by atoms with Crippen LogP contribution < -0.4 is 21.5 Å². The van der Waals surface area contributed by atoms with Crippen LogP contribution in [0.3, 0.4) is 0 Å². The molecule has 2 atom stereocenters. The third-order valence-corrected chi connectivity index (χ3v) is 7.35. The summed E-state index contributed by atoms with van der Waals surface area (Å²) < 4.78 is 30.6. The second kappa shape index (κ2) is 6.51. The van der Waals surface area contributed by atoms with Crippen LogP contribution in [-0.2, 0) is 28.5 Å². The van der Waals surface area contributed by atoms with Gasteiger partial charge in [0, 0.05) is 31.6 Å². The van der Waals surface area contributed by atoms with Gasteiger partial charge in [-0.15, -0.1) is 0 Å². The molecule has 1 saturated carbocycles. The molecule has 28 heavy (non-hydrogen) atoms. The maximum absolute atomic E-state index is 13.0. The van der Waals surface area contributed by atoms with Crippen molar-refractivity contribution in [2.24, 2.45) is 13.0 Å². The minimum absolute atomic E-state index is 0.0228. The number of hydroxylamine groups is 1. The number of aromatic nitrogens is 2. The van der Waals surface area contributed by atoms with Crippen molar-refractivity contribution in [1.29, 1.82) is 0 Å². The molecule has 0 bridgehead atoms. The van der Waals surface area contributed by atoms with Crippen LogP contribution >= 0.6 is 0 Å². The Labute approximate surface area is 162 Å². The largest absolute Gasteiger partial charge is 0.331 e. The van der Waals surface area contributed by atoms with Gasteiger partial charge < -0.3 is 0 Å². The Morgan fingerprint density at radius 1 is 1.32 bits per heavy atom. The van der Waals surface area contributed by atoms with Gasteiger partial charge in [0.05, 0.1) is 21.9 Å². The molecule has 4 rings (SSSR count). The smallest absolute Gasteiger partial charge is 0.298 e. The van der Waals surface area contributed by atoms with E-state index in [0.29, 0.717) is 12.1 Å². The molecule has 2 unspecified atom stereocenters. The molecule has 10 heteroatoms. The zero-order valence-electron chi connectivity index (χ0n) is 16.1. The molecule has 2 aliphatic rings. The molecule has 2 heterocycles. The van der Waals surface area contributed by atoms with Crippen LogP contribution in [0.1, 0.15) is 26.7 Å². The number of fused-ring (bicyclic) bond motifs is 1. The third kappa shape index (κ3) is 3.30. The zero-order valence-corrected chi connectivity index (χ0v) is 16.9. The first-order chi connectivity index (χ1) is 13.1. The summed E-state index contributed by atoms with van der Waals surface area (Å²) in [7, 11) is -2.17. The number of aryl methyl sites for hydroxylation is 1. The average molecular weight is 408 g/mol. The number of benzene rings is 1. The zero-order chi connectivity index (χ0) is 20.3. The fourth-order valence-corrected chi connectivity index (χ4v) is 4.98. The SMILES string of the molecule is CC1ONCC1Cn1c(=O)c2cc(S(=O)(=O)NC3(C)CC3)ccc2n(C)c1=O. The topological polar surface area (TPSA) is 111 Å². The maximum atomic E-state index is 13.0. The Morgan fingerprint density at radius 2 is 2.04 bits per heavy atom. The van der Waals surface area contributed by atoms with Crippen LogP contribution in [0.2, 0.25) is 0 Å². The molecule has 2 fully saturated rings. The van der Waals surface area contributed by atoms with Gasteiger partial charge in [0.1, 0.15) is 0 Å². The van der Waals surface area contributed by atoms with E-state index >= 15 is 0 Å². The van der Waals surface area contributed by atoms with Gasteiger partial charge in [-0.1, -0.05) is 0 Å². The van der Waals surface area contributed by atoms with Crippen LogP contribution in [0.25, 0.3) is 10.9 Å². The molecule has 1 saturated heterocycles. The van der Waals surface area contributed by atoms with Gasteiger partial charge in [-0.05, 0) is 44.9 Å². The summed E-state index contributed by atoms with van der Waals surface area (Å²) in [6, 6.07) is 4.29. The van der Waals surface area contributed by atoms with Crippen molar-refractivity contribution in [3.63, 3.8) is 0 Å². The van der Waals surface area contributed by atoms with Crippen molar-refractivity contribution in [3.8, 4) is 0 Å².